The summed E-state index contributed by atoms with van der Waals surface area (Å²) in [6.07, 6.45) is 18.2. The molecule has 558 valence electrons. The zero-order valence-corrected chi connectivity index (χ0v) is 67.3. The van der Waals surface area contributed by atoms with Crippen LogP contribution in [-0.2, 0) is 52.9 Å². The molecule has 3 aromatic carbocycles. The number of benzene rings is 3. The van der Waals surface area contributed by atoms with Crippen molar-refractivity contribution in [3.63, 3.8) is 0 Å². The molecule has 103 heavy (non-hydrogen) atoms. The van der Waals surface area contributed by atoms with Gasteiger partial charge in [-0.05, 0) is 187 Å². The summed E-state index contributed by atoms with van der Waals surface area (Å²) in [5.41, 5.74) is 18.6. The van der Waals surface area contributed by atoms with Crippen LogP contribution in [0.25, 0.3) is 0 Å². The molecule has 3 N–H and O–H groups in total. The number of anilines is 1. The molecule has 0 unspecified atom stereocenters. The molecular formula is C83H119ClN14O3S2. The maximum atomic E-state index is 13.9. The average molecular weight is 1460 g/mol. The Labute approximate surface area is 630 Å². The molecule has 17 nitrogen and oxygen atoms in total. The number of carbonyl (C=O) groups is 3. The molecule has 6 fully saturated rings. The summed E-state index contributed by atoms with van der Waals surface area (Å²) in [6.45, 7) is 39.4. The Morgan fingerprint density at radius 2 is 0.864 bits per heavy atom. The monoisotopic (exact) mass is 1460 g/mol. The highest BCUT2D eigenvalue weighted by molar-refractivity contribution is 7.80. The number of hydrogen-bond acceptors (Lipinski definition) is 14. The molecule has 3 aliphatic carbocycles. The van der Waals surface area contributed by atoms with Crippen LogP contribution in [0.1, 0.15) is 266 Å². The number of aryl methyl sites for hydroxylation is 10. The van der Waals surface area contributed by atoms with Crippen molar-refractivity contribution in [3.05, 3.63) is 151 Å². The van der Waals surface area contributed by atoms with Gasteiger partial charge in [-0.1, -0.05) is 134 Å². The van der Waals surface area contributed by atoms with E-state index >= 15 is 0 Å². The van der Waals surface area contributed by atoms with Crippen molar-refractivity contribution < 1.29 is 14.4 Å². The van der Waals surface area contributed by atoms with Crippen LogP contribution in [0.4, 0.5) is 5.13 Å². The summed E-state index contributed by atoms with van der Waals surface area (Å²) < 4.78 is 7.17. The Bertz CT molecular complexity index is 4090. The number of hydrogen-bond donors (Lipinski definition) is 2. The number of nitrogens with one attached hydrogen (secondary N) is 1. The van der Waals surface area contributed by atoms with Crippen molar-refractivity contribution >= 4 is 63.6 Å². The Morgan fingerprint density at radius 1 is 0.495 bits per heavy atom. The van der Waals surface area contributed by atoms with E-state index in [1.54, 1.807) is 11.3 Å². The minimum atomic E-state index is -0.189. The fourth-order valence-electron chi connectivity index (χ4n) is 15.8. The van der Waals surface area contributed by atoms with E-state index in [1.807, 2.05) is 11.8 Å². The summed E-state index contributed by atoms with van der Waals surface area (Å²) in [6, 6.07) is 20.6. The van der Waals surface area contributed by atoms with Gasteiger partial charge in [-0.2, -0.15) is 0 Å². The Morgan fingerprint density at radius 3 is 1.21 bits per heavy atom. The van der Waals surface area contributed by atoms with Gasteiger partial charge in [0.25, 0.3) is 0 Å². The van der Waals surface area contributed by atoms with E-state index in [-0.39, 0.29) is 53.7 Å². The third-order valence-corrected chi connectivity index (χ3v) is 23.2. The molecule has 7 heterocycles. The van der Waals surface area contributed by atoms with Crippen LogP contribution in [0.2, 0.25) is 0 Å². The summed E-state index contributed by atoms with van der Waals surface area (Å²) >= 11 is 6.97. The van der Waals surface area contributed by atoms with E-state index in [0.717, 1.165) is 152 Å². The molecule has 0 spiro atoms. The molecular weight excluding hydrogens is 1340 g/mol. The standard InChI is InChI=1S/C30H41N5OS.C27H39N5OS.C26H38N4O.ClH/c1-19-9-10-22(20(2)14-19)15-26(36)24-16-34(29-31-21(3)18-37-29)17-25(24)28-33-32-27(35(28)23-11-12-23)8-7-13-30(4,5)6;1-17-8-9-19(18(2)13-17)14-23(33)21-15-31(26(28)34)16-22(21)25-30-29-24(32(25)20-10-11-20)7-6-12-27(3,4)5;1-17-8-9-19(18(2)13-17)14-23(31)21-15-27-16-22(21)25-29-28-24(30(25)20-10-11-20)7-6-12-26(3,4)5;/h9-10,14,18,23-25H,7-8,11-13,15-17H2,1-6H3;8-9,13,20-22H,6-7,10-12,14-16H2,1-5H3,(H2,28,34);8-9,13,20-22,27H,6-7,10-12,14-16H2,1-5H3;1H/t24-,25-;2*21-,22-;/m000./s1. The minimum absolute atomic E-state index is 0. The molecule has 3 saturated carbocycles. The van der Waals surface area contributed by atoms with Crippen molar-refractivity contribution in [2.24, 2.45) is 39.7 Å². The lowest BCUT2D eigenvalue weighted by Gasteiger charge is -2.20. The molecule has 6 aliphatic rings. The molecule has 13 rings (SSSR count). The second kappa shape index (κ2) is 33.5. The molecule has 0 amide bonds. The normalized spacial score (nSPS) is 20.5. The van der Waals surface area contributed by atoms with E-state index in [1.165, 1.54) is 59.9 Å². The zero-order chi connectivity index (χ0) is 73.1. The van der Waals surface area contributed by atoms with Crippen molar-refractivity contribution in [1.29, 1.82) is 0 Å². The van der Waals surface area contributed by atoms with E-state index < -0.39 is 0 Å². The molecule has 3 aliphatic heterocycles. The van der Waals surface area contributed by atoms with Crippen LogP contribution in [0.5, 0.6) is 0 Å². The Kier molecular flexibility index (Phi) is 25.7. The second-order valence-corrected chi connectivity index (χ2v) is 36.2. The predicted molar refractivity (Wildman–Crippen MR) is 422 cm³/mol. The van der Waals surface area contributed by atoms with Crippen molar-refractivity contribution in [3.8, 4) is 0 Å². The lowest BCUT2D eigenvalue weighted by atomic mass is 9.87. The van der Waals surface area contributed by atoms with Crippen LogP contribution in [0.3, 0.4) is 0 Å². The zero-order valence-electron chi connectivity index (χ0n) is 64.8. The number of ketones is 3. The Hall–Kier alpha value is -6.54. The summed E-state index contributed by atoms with van der Waals surface area (Å²) in [5.74, 6) is 6.94. The lowest BCUT2D eigenvalue weighted by molar-refractivity contribution is -0.123. The number of halogens is 1. The maximum absolute atomic E-state index is 13.9. The first-order chi connectivity index (χ1) is 48.3. The average Bonchev–Trinajstić information content (AvgIpc) is 1.63. The van der Waals surface area contributed by atoms with Gasteiger partial charge in [-0.15, -0.1) is 54.3 Å². The maximum Gasteiger partial charge on any atom is 0.185 e. The van der Waals surface area contributed by atoms with Crippen LogP contribution >= 0.6 is 36.0 Å². The largest absolute Gasteiger partial charge is 0.376 e. The first-order valence-electron chi connectivity index (χ1n) is 38.3. The number of aromatic nitrogens is 10. The highest BCUT2D eigenvalue weighted by atomic mass is 35.5. The number of Topliss-reactive ketones (excluding diaryl/α,β-unsaturated/α-hetero) is 3. The third-order valence-electron chi connectivity index (χ3n) is 22.0. The van der Waals surface area contributed by atoms with Crippen LogP contribution in [-0.4, -0.2) is 116 Å². The van der Waals surface area contributed by atoms with E-state index in [0.29, 0.717) is 89.9 Å². The summed E-state index contributed by atoms with van der Waals surface area (Å²) in [7, 11) is 0. The highest BCUT2D eigenvalue weighted by Gasteiger charge is 2.46. The summed E-state index contributed by atoms with van der Waals surface area (Å²) in [5, 5.41) is 35.0. The number of thiazole rings is 1. The van der Waals surface area contributed by atoms with Gasteiger partial charge >= 0.3 is 0 Å². The quantitative estimate of drug-likeness (QED) is 0.0512. The smallest absolute Gasteiger partial charge is 0.185 e. The topological polar surface area (TPSA) is 201 Å². The number of nitrogens with zero attached hydrogens (tertiary/aromatic N) is 12. The molecule has 7 aromatic rings. The van der Waals surface area contributed by atoms with Gasteiger partial charge in [-0.25, -0.2) is 4.98 Å². The molecule has 0 bridgehead atoms. The molecule has 3 saturated heterocycles. The molecule has 0 radical (unpaired) electrons. The molecule has 6 atom stereocenters. The second-order valence-electron chi connectivity index (χ2n) is 34.9. The Balaban J connectivity index is 0.000000166. The first kappa shape index (κ1) is 79.0. The van der Waals surface area contributed by atoms with Gasteiger partial charge < -0.3 is 34.6 Å². The van der Waals surface area contributed by atoms with Crippen molar-refractivity contribution in [2.75, 3.05) is 44.2 Å². The number of carbonyl (C=O) groups excluding carboxylic acids is 3. The fraction of sp³-hybridized carbons (Fsp3) is 0.627. The van der Waals surface area contributed by atoms with Gasteiger partial charge in [0.2, 0.25) is 0 Å². The van der Waals surface area contributed by atoms with Crippen molar-refractivity contribution in [1.82, 2.24) is 59.5 Å². The highest BCUT2D eigenvalue weighted by Crippen LogP contribution is 2.46. The van der Waals surface area contributed by atoms with Gasteiger partial charge in [0.05, 0.1) is 5.69 Å². The van der Waals surface area contributed by atoms with Crippen LogP contribution in [0, 0.1) is 82.5 Å². The minimum Gasteiger partial charge on any atom is -0.376 e. The van der Waals surface area contributed by atoms with E-state index in [2.05, 4.69) is 208 Å². The number of nitrogens with two attached hydrogens (primary N) is 1. The van der Waals surface area contributed by atoms with Gasteiger partial charge in [0.1, 0.15) is 52.3 Å². The lowest BCUT2D eigenvalue weighted by Crippen LogP contribution is -2.34. The van der Waals surface area contributed by atoms with Crippen molar-refractivity contribution in [2.45, 2.75) is 262 Å². The first-order valence-corrected chi connectivity index (χ1v) is 39.6. The van der Waals surface area contributed by atoms with Gasteiger partial charge in [0.15, 0.2) is 10.2 Å². The predicted octanol–water partition coefficient (Wildman–Crippen LogP) is 16.2. The molecule has 4 aromatic heterocycles. The third kappa shape index (κ3) is 20.7. The van der Waals surface area contributed by atoms with Gasteiger partial charge in [-0.3, -0.25) is 14.4 Å². The van der Waals surface area contributed by atoms with E-state index in [4.69, 9.17) is 33.1 Å². The van der Waals surface area contributed by atoms with E-state index in [9.17, 15) is 14.4 Å². The van der Waals surface area contributed by atoms with Crippen LogP contribution < -0.4 is 16.0 Å². The SMILES string of the molecule is Cc1ccc(CC(=O)[C@H]2CN(C(N)=S)C[C@@H]2c2nnc(CCCC(C)(C)C)n2C2CC2)c(C)c1.Cc1ccc(CC(=O)[C@H]2CN(c3nc(C)cs3)C[C@@H]2c2nnc(CCCC(C)(C)C)n2C2CC2)c(C)c1.Cc1ccc(CC(=O)[C@H]2CNC[C@@H]2c2nnc(CCCC(C)(C)C)n2C2CC2)c(C)c1.Cl. The fourth-order valence-corrected chi connectivity index (χ4v) is 16.8. The van der Waals surface area contributed by atoms with Crippen LogP contribution in [0.15, 0.2) is 60.0 Å². The molecule has 20 heteroatoms. The number of thiocarbonyl (C=S) groups is 1. The summed E-state index contributed by atoms with van der Waals surface area (Å²) in [4.78, 5) is 49.9. The number of likely N-dealkylation sites (tertiary alicyclic amines) is 1. The number of rotatable bonds is 25. The van der Waals surface area contributed by atoms with Gasteiger partial charge in [0, 0.05) is 137 Å².